The first kappa shape index (κ1) is 15.5. The van der Waals surface area contributed by atoms with Gasteiger partial charge in [0.05, 0.1) is 0 Å². The van der Waals surface area contributed by atoms with Gasteiger partial charge in [-0.15, -0.1) is 0 Å². The Labute approximate surface area is 124 Å². The Bertz CT molecular complexity index is 376. The Morgan fingerprint density at radius 3 is 2.65 bits per heavy atom. The second kappa shape index (κ2) is 7.80. The van der Waals surface area contributed by atoms with E-state index in [1.807, 2.05) is 0 Å². The van der Waals surface area contributed by atoms with Gasteiger partial charge in [0.1, 0.15) is 0 Å². The van der Waals surface area contributed by atoms with Gasteiger partial charge in [-0.3, -0.25) is 4.90 Å². The smallest absolute Gasteiger partial charge is 0.0250 e. The topological polar surface area (TPSA) is 15.3 Å². The fourth-order valence-corrected chi connectivity index (χ4v) is 3.27. The molecular formula is C18H30N2. The van der Waals surface area contributed by atoms with Crippen molar-refractivity contribution < 1.29 is 0 Å². The molecule has 20 heavy (non-hydrogen) atoms. The van der Waals surface area contributed by atoms with Crippen molar-refractivity contribution in [2.24, 2.45) is 5.92 Å². The molecule has 0 spiro atoms. The number of nitrogens with zero attached hydrogens (tertiary/aromatic N) is 1. The van der Waals surface area contributed by atoms with Gasteiger partial charge in [0.2, 0.25) is 0 Å². The fraction of sp³-hybridized carbons (Fsp3) is 0.667. The van der Waals surface area contributed by atoms with E-state index >= 15 is 0 Å². The van der Waals surface area contributed by atoms with Crippen LogP contribution in [0.25, 0.3) is 0 Å². The Morgan fingerprint density at radius 2 is 2.00 bits per heavy atom. The molecule has 0 aromatic heterocycles. The average Bonchev–Trinajstić information content (AvgIpc) is 2.48. The van der Waals surface area contributed by atoms with Crippen LogP contribution in [0.1, 0.15) is 45.6 Å². The number of piperazine rings is 1. The monoisotopic (exact) mass is 274 g/mol. The summed E-state index contributed by atoms with van der Waals surface area (Å²) in [5, 5.41) is 3.76. The lowest BCUT2D eigenvalue weighted by Gasteiger charge is -2.43. The molecule has 0 saturated carbocycles. The number of rotatable bonds is 6. The third kappa shape index (κ3) is 4.07. The minimum atomic E-state index is 0.670. The molecule has 1 fully saturated rings. The largest absolute Gasteiger partial charge is 0.311 e. The van der Waals surface area contributed by atoms with Crippen LogP contribution in [-0.4, -0.2) is 30.1 Å². The van der Waals surface area contributed by atoms with Gasteiger partial charge in [0.25, 0.3) is 0 Å². The Hall–Kier alpha value is -0.860. The molecule has 0 aliphatic carbocycles. The van der Waals surface area contributed by atoms with Gasteiger partial charge >= 0.3 is 0 Å². The van der Waals surface area contributed by atoms with E-state index in [2.05, 4.69) is 61.3 Å². The summed E-state index contributed by atoms with van der Waals surface area (Å²) in [6.07, 6.45) is 3.82. The summed E-state index contributed by atoms with van der Waals surface area (Å²) in [5.74, 6) is 0.758. The molecule has 1 saturated heterocycles. The molecular weight excluding hydrogens is 244 g/mol. The van der Waals surface area contributed by atoms with Crippen LogP contribution in [0.4, 0.5) is 0 Å². The third-order valence-corrected chi connectivity index (χ3v) is 4.71. The van der Waals surface area contributed by atoms with Crippen LogP contribution < -0.4 is 5.32 Å². The maximum absolute atomic E-state index is 3.76. The average molecular weight is 274 g/mol. The van der Waals surface area contributed by atoms with Gasteiger partial charge in [0, 0.05) is 31.7 Å². The quantitative estimate of drug-likeness (QED) is 0.851. The normalized spacial score (nSPS) is 25.6. The third-order valence-electron chi connectivity index (χ3n) is 4.71. The van der Waals surface area contributed by atoms with Crippen molar-refractivity contribution in [1.82, 2.24) is 10.2 Å². The molecule has 0 amide bonds. The van der Waals surface area contributed by atoms with E-state index in [9.17, 15) is 0 Å². The SMILES string of the molecule is CCCC1CN(Cc2ccccc2)C(C(C)CC)CN1. The highest BCUT2D eigenvalue weighted by atomic mass is 15.2. The highest BCUT2D eigenvalue weighted by Gasteiger charge is 2.30. The molecule has 2 rings (SSSR count). The van der Waals surface area contributed by atoms with Gasteiger partial charge in [-0.05, 0) is 17.9 Å². The predicted octanol–water partition coefficient (Wildman–Crippen LogP) is 3.68. The van der Waals surface area contributed by atoms with Crippen molar-refractivity contribution in [3.05, 3.63) is 35.9 Å². The molecule has 1 heterocycles. The molecule has 2 nitrogen and oxygen atoms in total. The summed E-state index contributed by atoms with van der Waals surface area (Å²) in [5.41, 5.74) is 1.44. The summed E-state index contributed by atoms with van der Waals surface area (Å²) in [6.45, 7) is 10.4. The zero-order valence-corrected chi connectivity index (χ0v) is 13.3. The van der Waals surface area contributed by atoms with Crippen molar-refractivity contribution in [2.75, 3.05) is 13.1 Å². The van der Waals surface area contributed by atoms with E-state index in [1.54, 1.807) is 0 Å². The number of benzene rings is 1. The number of hydrogen-bond acceptors (Lipinski definition) is 2. The standard InChI is InChI=1S/C18H30N2/c1-4-9-17-14-20(13-16-10-7-6-8-11-16)18(12-19-17)15(3)5-2/h6-8,10-11,15,17-19H,4-5,9,12-14H2,1-3H3. The van der Waals surface area contributed by atoms with Crippen molar-refractivity contribution >= 4 is 0 Å². The molecule has 3 atom stereocenters. The molecule has 0 radical (unpaired) electrons. The van der Waals surface area contributed by atoms with Crippen molar-refractivity contribution in [3.8, 4) is 0 Å². The first-order chi connectivity index (χ1) is 9.74. The number of nitrogens with one attached hydrogen (secondary N) is 1. The molecule has 2 heteroatoms. The van der Waals surface area contributed by atoms with E-state index in [4.69, 9.17) is 0 Å². The van der Waals surface area contributed by atoms with E-state index in [1.165, 1.54) is 31.4 Å². The van der Waals surface area contributed by atoms with Gasteiger partial charge in [-0.25, -0.2) is 0 Å². The highest BCUT2D eigenvalue weighted by molar-refractivity contribution is 5.15. The maximum atomic E-state index is 3.76. The predicted molar refractivity (Wildman–Crippen MR) is 86.8 cm³/mol. The molecule has 0 bridgehead atoms. The fourth-order valence-electron chi connectivity index (χ4n) is 3.27. The van der Waals surface area contributed by atoms with Crippen LogP contribution in [0, 0.1) is 5.92 Å². The maximum Gasteiger partial charge on any atom is 0.0250 e. The van der Waals surface area contributed by atoms with E-state index in [0.717, 1.165) is 19.0 Å². The summed E-state index contributed by atoms with van der Waals surface area (Å²) in [6, 6.07) is 12.3. The van der Waals surface area contributed by atoms with Crippen LogP contribution in [0.5, 0.6) is 0 Å². The highest BCUT2D eigenvalue weighted by Crippen LogP contribution is 2.21. The van der Waals surface area contributed by atoms with E-state index in [0.29, 0.717) is 12.1 Å². The number of hydrogen-bond donors (Lipinski definition) is 1. The summed E-state index contributed by atoms with van der Waals surface area (Å²) in [7, 11) is 0. The second-order valence-electron chi connectivity index (χ2n) is 6.26. The van der Waals surface area contributed by atoms with E-state index < -0.39 is 0 Å². The molecule has 1 aliphatic rings. The molecule has 1 aromatic rings. The minimum Gasteiger partial charge on any atom is -0.311 e. The van der Waals surface area contributed by atoms with Crippen LogP contribution >= 0.6 is 0 Å². The zero-order chi connectivity index (χ0) is 14.4. The lowest BCUT2D eigenvalue weighted by molar-refractivity contribution is 0.0818. The summed E-state index contributed by atoms with van der Waals surface area (Å²) >= 11 is 0. The molecule has 1 aliphatic heterocycles. The molecule has 3 unspecified atom stereocenters. The van der Waals surface area contributed by atoms with Crippen LogP contribution in [0.15, 0.2) is 30.3 Å². The Balaban J connectivity index is 2.05. The zero-order valence-electron chi connectivity index (χ0n) is 13.3. The van der Waals surface area contributed by atoms with Crippen molar-refractivity contribution in [1.29, 1.82) is 0 Å². The van der Waals surface area contributed by atoms with Crippen molar-refractivity contribution in [2.45, 2.75) is 58.7 Å². The van der Waals surface area contributed by atoms with Gasteiger partial charge in [-0.1, -0.05) is 63.9 Å². The summed E-state index contributed by atoms with van der Waals surface area (Å²) in [4.78, 5) is 2.71. The van der Waals surface area contributed by atoms with Gasteiger partial charge in [0.15, 0.2) is 0 Å². The van der Waals surface area contributed by atoms with Crippen molar-refractivity contribution in [3.63, 3.8) is 0 Å². The van der Waals surface area contributed by atoms with Gasteiger partial charge < -0.3 is 5.32 Å². The first-order valence-electron chi connectivity index (χ1n) is 8.26. The first-order valence-corrected chi connectivity index (χ1v) is 8.26. The molecule has 112 valence electrons. The Morgan fingerprint density at radius 1 is 1.25 bits per heavy atom. The molecule has 1 aromatic carbocycles. The Kier molecular flexibility index (Phi) is 6.06. The van der Waals surface area contributed by atoms with Gasteiger partial charge in [-0.2, -0.15) is 0 Å². The minimum absolute atomic E-state index is 0.670. The second-order valence-corrected chi connectivity index (χ2v) is 6.26. The van der Waals surface area contributed by atoms with Crippen LogP contribution in [0.3, 0.4) is 0 Å². The lowest BCUT2D eigenvalue weighted by Crippen LogP contribution is -2.58. The summed E-state index contributed by atoms with van der Waals surface area (Å²) < 4.78 is 0. The van der Waals surface area contributed by atoms with Crippen LogP contribution in [-0.2, 0) is 6.54 Å². The lowest BCUT2D eigenvalue weighted by atomic mass is 9.93. The molecule has 1 N–H and O–H groups in total. The van der Waals surface area contributed by atoms with E-state index in [-0.39, 0.29) is 0 Å². The van der Waals surface area contributed by atoms with Crippen LogP contribution in [0.2, 0.25) is 0 Å².